The van der Waals surface area contributed by atoms with Gasteiger partial charge in [0.25, 0.3) is 5.91 Å². The molecule has 0 saturated carbocycles. The summed E-state index contributed by atoms with van der Waals surface area (Å²) in [6.45, 7) is 1.75. The Balaban J connectivity index is 1.67. The minimum Gasteiger partial charge on any atom is -0.383 e. The zero-order valence-corrected chi connectivity index (χ0v) is 16.5. The van der Waals surface area contributed by atoms with E-state index in [2.05, 4.69) is 15.4 Å². The number of rotatable bonds is 4. The van der Waals surface area contributed by atoms with Gasteiger partial charge in [-0.1, -0.05) is 6.07 Å². The summed E-state index contributed by atoms with van der Waals surface area (Å²) in [6, 6.07) is 11.7. The number of benzene rings is 1. The van der Waals surface area contributed by atoms with Gasteiger partial charge in [-0.25, -0.2) is 4.98 Å². The Bertz CT molecular complexity index is 1140. The summed E-state index contributed by atoms with van der Waals surface area (Å²) in [4.78, 5) is 42.9. The first-order valence-corrected chi connectivity index (χ1v) is 9.37. The second-order valence-corrected chi connectivity index (χ2v) is 6.93. The number of nitrogens with two attached hydrogens (primary N) is 1. The van der Waals surface area contributed by atoms with Gasteiger partial charge in [-0.05, 0) is 43.3 Å². The lowest BCUT2D eigenvalue weighted by molar-refractivity contribution is -0.121. The summed E-state index contributed by atoms with van der Waals surface area (Å²) in [5.74, 6) is -0.862. The maximum Gasteiger partial charge on any atom is 0.251 e. The van der Waals surface area contributed by atoms with Crippen molar-refractivity contribution in [2.75, 3.05) is 17.7 Å². The highest BCUT2D eigenvalue weighted by atomic mass is 16.2. The summed E-state index contributed by atoms with van der Waals surface area (Å²) in [6.07, 6.45) is 1.62. The Morgan fingerprint density at radius 2 is 1.90 bits per heavy atom. The van der Waals surface area contributed by atoms with Gasteiger partial charge in [0, 0.05) is 30.8 Å². The number of carbonyl (C=O) groups is 3. The molecule has 3 heterocycles. The first kappa shape index (κ1) is 19.3. The molecule has 0 radical (unpaired) electrons. The van der Waals surface area contributed by atoms with Gasteiger partial charge in [0.05, 0.1) is 17.3 Å². The molecule has 30 heavy (non-hydrogen) atoms. The van der Waals surface area contributed by atoms with Crippen molar-refractivity contribution in [3.05, 3.63) is 65.5 Å². The van der Waals surface area contributed by atoms with Crippen LogP contribution >= 0.6 is 0 Å². The molecule has 152 valence electrons. The predicted octanol–water partition coefficient (Wildman–Crippen LogP) is 1.56. The standard InChI is InChI=1S/C21H20N6O3/c1-12-18(19(22)27(25-12)16-5-3-4-10-24-16)15-11-17(28)26(21(15)30)14-8-6-13(7-9-14)20(29)23-2/h3-10,15H,11,22H2,1-2H3,(H,23,29). The van der Waals surface area contributed by atoms with Crippen molar-refractivity contribution in [3.8, 4) is 5.82 Å². The molecule has 9 nitrogen and oxygen atoms in total. The molecule has 1 fully saturated rings. The van der Waals surface area contributed by atoms with Gasteiger partial charge in [0.15, 0.2) is 5.82 Å². The number of aryl methyl sites for hydroxylation is 1. The van der Waals surface area contributed by atoms with Crippen molar-refractivity contribution in [1.29, 1.82) is 0 Å². The van der Waals surface area contributed by atoms with Crippen LogP contribution in [0.2, 0.25) is 0 Å². The highest BCUT2D eigenvalue weighted by Gasteiger charge is 2.43. The Kier molecular flexibility index (Phi) is 4.78. The Hall–Kier alpha value is -4.01. The zero-order valence-electron chi connectivity index (χ0n) is 16.5. The molecule has 0 aliphatic carbocycles. The molecule has 3 aromatic rings. The number of imide groups is 1. The third kappa shape index (κ3) is 3.10. The Morgan fingerprint density at radius 1 is 1.17 bits per heavy atom. The SMILES string of the molecule is CNC(=O)c1ccc(N2C(=O)CC(c3c(C)nn(-c4ccccn4)c3N)C2=O)cc1. The number of carbonyl (C=O) groups excluding carboxylic acids is 3. The fourth-order valence-electron chi connectivity index (χ4n) is 3.68. The van der Waals surface area contributed by atoms with Crippen LogP contribution in [0.3, 0.4) is 0 Å². The lowest BCUT2D eigenvalue weighted by Crippen LogP contribution is -2.30. The van der Waals surface area contributed by atoms with E-state index in [0.717, 1.165) is 4.90 Å². The molecule has 0 bridgehead atoms. The third-order valence-electron chi connectivity index (χ3n) is 5.12. The van der Waals surface area contributed by atoms with Gasteiger partial charge in [-0.2, -0.15) is 9.78 Å². The van der Waals surface area contributed by atoms with Gasteiger partial charge in [-0.3, -0.25) is 19.3 Å². The number of hydrogen-bond acceptors (Lipinski definition) is 6. The molecule has 2 aromatic heterocycles. The van der Waals surface area contributed by atoms with Crippen molar-refractivity contribution in [3.63, 3.8) is 0 Å². The van der Waals surface area contributed by atoms with E-state index in [-0.39, 0.29) is 30.0 Å². The van der Waals surface area contributed by atoms with E-state index >= 15 is 0 Å². The van der Waals surface area contributed by atoms with E-state index in [1.165, 1.54) is 11.7 Å². The molecule has 1 unspecified atom stereocenters. The van der Waals surface area contributed by atoms with E-state index in [9.17, 15) is 14.4 Å². The molecular weight excluding hydrogens is 384 g/mol. The number of nitrogens with zero attached hydrogens (tertiary/aromatic N) is 4. The molecule has 9 heteroatoms. The first-order valence-electron chi connectivity index (χ1n) is 9.37. The van der Waals surface area contributed by atoms with Crippen LogP contribution in [-0.4, -0.2) is 39.5 Å². The summed E-state index contributed by atoms with van der Waals surface area (Å²) in [7, 11) is 1.53. The normalized spacial score (nSPS) is 16.2. The van der Waals surface area contributed by atoms with Gasteiger partial charge < -0.3 is 11.1 Å². The predicted molar refractivity (Wildman–Crippen MR) is 110 cm³/mol. The van der Waals surface area contributed by atoms with Crippen molar-refractivity contribution in [2.45, 2.75) is 19.3 Å². The molecule has 3 amide bonds. The molecule has 1 aliphatic rings. The summed E-state index contributed by atoms with van der Waals surface area (Å²) in [5, 5.41) is 6.96. The number of pyridine rings is 1. The molecule has 0 spiro atoms. The van der Waals surface area contributed by atoms with Crippen molar-refractivity contribution >= 4 is 29.2 Å². The van der Waals surface area contributed by atoms with E-state index in [0.29, 0.717) is 28.3 Å². The maximum absolute atomic E-state index is 13.2. The van der Waals surface area contributed by atoms with Crippen LogP contribution in [0.1, 0.15) is 34.0 Å². The van der Waals surface area contributed by atoms with Crippen molar-refractivity contribution in [2.24, 2.45) is 0 Å². The second-order valence-electron chi connectivity index (χ2n) is 6.93. The average molecular weight is 404 g/mol. The summed E-state index contributed by atoms with van der Waals surface area (Å²) in [5.41, 5.74) is 8.26. The minimum atomic E-state index is -0.728. The fraction of sp³-hybridized carbons (Fsp3) is 0.190. The largest absolute Gasteiger partial charge is 0.383 e. The first-order chi connectivity index (χ1) is 14.4. The molecule has 4 rings (SSSR count). The number of hydrogen-bond donors (Lipinski definition) is 2. The summed E-state index contributed by atoms with van der Waals surface area (Å²) < 4.78 is 1.48. The monoisotopic (exact) mass is 404 g/mol. The van der Waals surface area contributed by atoms with Crippen LogP contribution in [0.25, 0.3) is 5.82 Å². The smallest absolute Gasteiger partial charge is 0.251 e. The van der Waals surface area contributed by atoms with Crippen LogP contribution < -0.4 is 16.0 Å². The van der Waals surface area contributed by atoms with Crippen LogP contribution in [-0.2, 0) is 9.59 Å². The van der Waals surface area contributed by atoms with Gasteiger partial charge in [0.2, 0.25) is 11.8 Å². The topological polar surface area (TPSA) is 123 Å². The molecular formula is C21H20N6O3. The van der Waals surface area contributed by atoms with Gasteiger partial charge >= 0.3 is 0 Å². The van der Waals surface area contributed by atoms with Gasteiger partial charge in [-0.15, -0.1) is 0 Å². The molecule has 1 atom stereocenters. The zero-order chi connectivity index (χ0) is 21.4. The maximum atomic E-state index is 13.2. The number of nitrogen functional groups attached to an aromatic ring is 1. The highest BCUT2D eigenvalue weighted by Crippen LogP contribution is 2.37. The van der Waals surface area contributed by atoms with Crippen molar-refractivity contribution in [1.82, 2.24) is 20.1 Å². The van der Waals surface area contributed by atoms with Crippen LogP contribution in [0, 0.1) is 6.92 Å². The van der Waals surface area contributed by atoms with Crippen LogP contribution in [0.15, 0.2) is 48.7 Å². The highest BCUT2D eigenvalue weighted by molar-refractivity contribution is 6.23. The minimum absolute atomic E-state index is 0.00498. The number of anilines is 2. The lowest BCUT2D eigenvalue weighted by atomic mass is 9.97. The van der Waals surface area contributed by atoms with Crippen LogP contribution in [0.5, 0.6) is 0 Å². The average Bonchev–Trinajstić information content (AvgIpc) is 3.22. The van der Waals surface area contributed by atoms with E-state index in [1.54, 1.807) is 49.5 Å². The Morgan fingerprint density at radius 3 is 2.53 bits per heavy atom. The van der Waals surface area contributed by atoms with Crippen LogP contribution in [0.4, 0.5) is 11.5 Å². The molecule has 1 aliphatic heterocycles. The number of nitrogens with one attached hydrogen (secondary N) is 1. The number of aromatic nitrogens is 3. The molecule has 1 saturated heterocycles. The number of amides is 3. The molecule has 1 aromatic carbocycles. The fourth-order valence-corrected chi connectivity index (χ4v) is 3.68. The van der Waals surface area contributed by atoms with Crippen molar-refractivity contribution < 1.29 is 14.4 Å². The Labute approximate surface area is 172 Å². The summed E-state index contributed by atoms with van der Waals surface area (Å²) >= 11 is 0. The molecule has 3 N–H and O–H groups in total. The van der Waals surface area contributed by atoms with E-state index in [1.807, 2.05) is 6.07 Å². The quantitative estimate of drug-likeness (QED) is 0.636. The third-order valence-corrected chi connectivity index (χ3v) is 5.12. The van der Waals surface area contributed by atoms with Gasteiger partial charge in [0.1, 0.15) is 5.82 Å². The second kappa shape index (κ2) is 7.43. The van der Waals surface area contributed by atoms with E-state index < -0.39 is 5.92 Å². The lowest BCUT2D eigenvalue weighted by Gasteiger charge is -2.15. The van der Waals surface area contributed by atoms with E-state index in [4.69, 9.17) is 5.73 Å².